The van der Waals surface area contributed by atoms with Gasteiger partial charge in [0.1, 0.15) is 32.7 Å². The minimum Gasteiger partial charge on any atom is -0.465 e. The quantitative estimate of drug-likeness (QED) is 0.646. The zero-order valence-electron chi connectivity index (χ0n) is 11.9. The first-order valence-corrected chi connectivity index (χ1v) is 6.97. The van der Waals surface area contributed by atoms with Gasteiger partial charge in [0.2, 0.25) is 0 Å². The number of ether oxygens (including phenoxy) is 1. The molecule has 1 heterocycles. The number of aryl methyl sites for hydroxylation is 1. The van der Waals surface area contributed by atoms with Crippen molar-refractivity contribution in [3.05, 3.63) is 35.4 Å². The summed E-state index contributed by atoms with van der Waals surface area (Å²) in [5.74, 6) is -0.100. The molecule has 0 atom stereocenters. The van der Waals surface area contributed by atoms with Crippen LogP contribution in [0.5, 0.6) is 0 Å². The predicted molar refractivity (Wildman–Crippen MR) is 73.2 cm³/mol. The Morgan fingerprint density at radius 2 is 1.68 bits per heavy atom. The highest BCUT2D eigenvalue weighted by molar-refractivity contribution is 5.70. The summed E-state index contributed by atoms with van der Waals surface area (Å²) in [6.07, 6.45) is 0. The number of quaternary nitrogens is 2. The highest BCUT2D eigenvalue weighted by atomic mass is 16.5. The number of piperazine rings is 1. The molecule has 1 fully saturated rings. The van der Waals surface area contributed by atoms with Crippen LogP contribution >= 0.6 is 0 Å². The van der Waals surface area contributed by atoms with Gasteiger partial charge < -0.3 is 14.5 Å². The van der Waals surface area contributed by atoms with Gasteiger partial charge in [0.05, 0.1) is 7.11 Å². The highest BCUT2D eigenvalue weighted by Crippen LogP contribution is 2.01. The highest BCUT2D eigenvalue weighted by Gasteiger charge is 2.24. The van der Waals surface area contributed by atoms with E-state index in [1.54, 1.807) is 4.90 Å². The maximum atomic E-state index is 11.2. The van der Waals surface area contributed by atoms with E-state index in [1.165, 1.54) is 23.1 Å². The van der Waals surface area contributed by atoms with Gasteiger partial charge in [-0.3, -0.25) is 0 Å². The van der Waals surface area contributed by atoms with Gasteiger partial charge in [-0.2, -0.15) is 0 Å². The zero-order valence-corrected chi connectivity index (χ0v) is 11.9. The van der Waals surface area contributed by atoms with Crippen LogP contribution < -0.4 is 9.80 Å². The van der Waals surface area contributed by atoms with Gasteiger partial charge in [0.25, 0.3) is 0 Å². The molecule has 104 valence electrons. The van der Waals surface area contributed by atoms with Gasteiger partial charge in [-0.05, 0) is 6.92 Å². The number of methoxy groups -OCH3 is 1. The van der Waals surface area contributed by atoms with Crippen LogP contribution in [0.15, 0.2) is 24.3 Å². The molecule has 0 bridgehead atoms. The summed E-state index contributed by atoms with van der Waals surface area (Å²) in [6.45, 7) is 8.07. The lowest BCUT2D eigenvalue weighted by molar-refractivity contribution is -1.02. The number of rotatable bonds is 4. The second-order valence-electron chi connectivity index (χ2n) is 5.42. The molecule has 19 heavy (non-hydrogen) atoms. The first-order valence-electron chi connectivity index (χ1n) is 6.97. The van der Waals surface area contributed by atoms with Crippen molar-refractivity contribution in [2.45, 2.75) is 13.5 Å². The summed E-state index contributed by atoms with van der Waals surface area (Å²) >= 11 is 0. The summed E-state index contributed by atoms with van der Waals surface area (Å²) < 4.78 is 4.72. The van der Waals surface area contributed by atoms with Crippen LogP contribution in [-0.4, -0.2) is 45.8 Å². The molecule has 1 aromatic rings. The molecule has 1 aliphatic rings. The molecule has 0 saturated carbocycles. The first kappa shape index (κ1) is 14.0. The number of benzene rings is 1. The average Bonchev–Trinajstić information content (AvgIpc) is 2.43. The summed E-state index contributed by atoms with van der Waals surface area (Å²) in [5.41, 5.74) is 2.71. The Morgan fingerprint density at radius 3 is 2.26 bits per heavy atom. The Kier molecular flexibility index (Phi) is 4.93. The predicted octanol–water partition coefficient (Wildman–Crippen LogP) is -1.55. The first-order chi connectivity index (χ1) is 9.17. The van der Waals surface area contributed by atoms with Crippen LogP contribution in [-0.2, 0) is 16.1 Å². The second kappa shape index (κ2) is 6.68. The van der Waals surface area contributed by atoms with Crippen molar-refractivity contribution in [3.8, 4) is 0 Å². The van der Waals surface area contributed by atoms with Crippen molar-refractivity contribution >= 4 is 5.97 Å². The fourth-order valence-electron chi connectivity index (χ4n) is 2.58. The Labute approximate surface area is 115 Å². The fourth-order valence-corrected chi connectivity index (χ4v) is 2.58. The molecule has 1 saturated heterocycles. The van der Waals surface area contributed by atoms with Crippen LogP contribution in [0.3, 0.4) is 0 Å². The summed E-state index contributed by atoms with van der Waals surface area (Å²) in [5, 5.41) is 0. The maximum absolute atomic E-state index is 11.2. The number of hydrogen-bond acceptors (Lipinski definition) is 2. The molecule has 0 amide bonds. The molecule has 4 heteroatoms. The van der Waals surface area contributed by atoms with Crippen molar-refractivity contribution in [2.24, 2.45) is 0 Å². The van der Waals surface area contributed by atoms with Crippen molar-refractivity contribution in [1.82, 2.24) is 0 Å². The lowest BCUT2D eigenvalue weighted by Gasteiger charge is -2.29. The molecule has 4 nitrogen and oxygen atoms in total. The Bertz CT molecular complexity index is 409. The second-order valence-corrected chi connectivity index (χ2v) is 5.42. The van der Waals surface area contributed by atoms with E-state index in [-0.39, 0.29) is 5.97 Å². The summed E-state index contributed by atoms with van der Waals surface area (Å²) in [6, 6.07) is 8.78. The van der Waals surface area contributed by atoms with E-state index in [0.29, 0.717) is 6.54 Å². The number of carbonyl (C=O) groups excluding carboxylic acids is 1. The third-order valence-corrected chi connectivity index (χ3v) is 3.86. The molecule has 0 unspecified atom stereocenters. The number of esters is 1. The lowest BCUT2D eigenvalue weighted by Crippen LogP contribution is -3.27. The standard InChI is InChI=1S/C15H22N2O2/c1-13-3-5-14(6-4-13)11-16-7-9-17(10-8-16)12-15(18)19-2/h3-6H,7-12H2,1-2H3/p+2. The minimum absolute atomic E-state index is 0.100. The van der Waals surface area contributed by atoms with Crippen LogP contribution in [0.1, 0.15) is 11.1 Å². The van der Waals surface area contributed by atoms with E-state index in [9.17, 15) is 4.79 Å². The van der Waals surface area contributed by atoms with Crippen molar-refractivity contribution < 1.29 is 19.3 Å². The van der Waals surface area contributed by atoms with E-state index >= 15 is 0 Å². The van der Waals surface area contributed by atoms with E-state index < -0.39 is 0 Å². The molecular formula is C15H24N2O2+2. The number of hydrogen-bond donors (Lipinski definition) is 2. The van der Waals surface area contributed by atoms with Gasteiger partial charge in [-0.15, -0.1) is 0 Å². The molecule has 2 N–H and O–H groups in total. The van der Waals surface area contributed by atoms with Crippen molar-refractivity contribution in [2.75, 3.05) is 39.8 Å². The van der Waals surface area contributed by atoms with Gasteiger partial charge in [0, 0.05) is 5.56 Å². The van der Waals surface area contributed by atoms with Gasteiger partial charge >= 0.3 is 5.97 Å². The third-order valence-electron chi connectivity index (χ3n) is 3.86. The Hall–Kier alpha value is -1.39. The van der Waals surface area contributed by atoms with E-state index in [4.69, 9.17) is 4.74 Å². The van der Waals surface area contributed by atoms with Crippen LogP contribution in [0, 0.1) is 6.92 Å². The SMILES string of the molecule is COC(=O)C[NH+]1CC[NH+](Cc2ccc(C)cc2)CC1. The van der Waals surface area contributed by atoms with Crippen LogP contribution in [0.25, 0.3) is 0 Å². The number of carbonyl (C=O) groups is 1. The molecule has 0 aromatic heterocycles. The van der Waals surface area contributed by atoms with E-state index in [1.807, 2.05) is 0 Å². The van der Waals surface area contributed by atoms with Crippen LogP contribution in [0.2, 0.25) is 0 Å². The van der Waals surface area contributed by atoms with Gasteiger partial charge in [-0.1, -0.05) is 29.8 Å². The summed E-state index contributed by atoms with van der Waals surface area (Å²) in [7, 11) is 1.46. The smallest absolute Gasteiger partial charge is 0.361 e. The molecule has 0 spiro atoms. The molecule has 0 radical (unpaired) electrons. The lowest BCUT2D eigenvalue weighted by atomic mass is 10.1. The topological polar surface area (TPSA) is 35.2 Å². The molecular weight excluding hydrogens is 240 g/mol. The number of nitrogens with one attached hydrogen (secondary N) is 2. The molecule has 1 aliphatic heterocycles. The summed E-state index contributed by atoms with van der Waals surface area (Å²) in [4.78, 5) is 14.2. The normalized spacial score (nSPS) is 23.1. The molecule has 2 rings (SSSR count). The Morgan fingerprint density at radius 1 is 1.11 bits per heavy atom. The van der Waals surface area contributed by atoms with E-state index in [0.717, 1.165) is 32.7 Å². The monoisotopic (exact) mass is 264 g/mol. The fraction of sp³-hybridized carbons (Fsp3) is 0.533. The van der Waals surface area contributed by atoms with Crippen molar-refractivity contribution in [3.63, 3.8) is 0 Å². The largest absolute Gasteiger partial charge is 0.465 e. The van der Waals surface area contributed by atoms with Crippen LogP contribution in [0.4, 0.5) is 0 Å². The third kappa shape index (κ3) is 4.33. The maximum Gasteiger partial charge on any atom is 0.361 e. The average molecular weight is 264 g/mol. The Balaban J connectivity index is 1.77. The molecule has 0 aliphatic carbocycles. The minimum atomic E-state index is -0.100. The van der Waals surface area contributed by atoms with Crippen molar-refractivity contribution in [1.29, 1.82) is 0 Å². The molecule has 1 aromatic carbocycles. The zero-order chi connectivity index (χ0) is 13.7. The van der Waals surface area contributed by atoms with E-state index in [2.05, 4.69) is 31.2 Å². The van der Waals surface area contributed by atoms with Gasteiger partial charge in [0.15, 0.2) is 6.54 Å². The van der Waals surface area contributed by atoms with Gasteiger partial charge in [-0.25, -0.2) is 4.79 Å².